The maximum absolute atomic E-state index is 7.14. The van der Waals surface area contributed by atoms with Gasteiger partial charge in [-0.15, -0.1) is 0 Å². The molecule has 0 spiro atoms. The average Bonchev–Trinajstić information content (AvgIpc) is 3.42. The van der Waals surface area contributed by atoms with Crippen molar-refractivity contribution in [2.24, 2.45) is 0 Å². The first kappa shape index (κ1) is 38.6. The maximum atomic E-state index is 7.14. The van der Waals surface area contributed by atoms with Crippen molar-refractivity contribution in [2.45, 2.75) is 186 Å². The molecule has 4 aliphatic rings. The third-order valence-corrected chi connectivity index (χ3v) is 15.3. The van der Waals surface area contributed by atoms with Crippen LogP contribution in [-0.4, -0.2) is 81.4 Å². The van der Waals surface area contributed by atoms with Gasteiger partial charge in [-0.1, -0.05) is 49.1 Å². The SMILES string of the molecule is CC1(C)OB(C(B2OC(C)(C)C(C)(C)O2)C(B2OC(C)(C)C(C)(C)O2)(B2OC(C)(C)C(C)(C)O2)c2ccc([Si](C)(C)C)cc2)OC1(C)C. The molecule has 0 saturated carbocycles. The molecule has 0 aromatic heterocycles. The molecule has 1 aromatic rings. The van der Waals surface area contributed by atoms with Crippen LogP contribution in [0.4, 0.5) is 0 Å². The maximum Gasteiger partial charge on any atom is 0.466 e. The smallest absolute Gasteiger partial charge is 0.403 e. The van der Waals surface area contributed by atoms with Gasteiger partial charge in [0.25, 0.3) is 0 Å². The summed E-state index contributed by atoms with van der Waals surface area (Å²) in [6, 6.07) is 8.90. The predicted molar refractivity (Wildman–Crippen MR) is 199 cm³/mol. The fraction of sp³-hybridized carbons (Fsp3) is 0.829. The summed E-state index contributed by atoms with van der Waals surface area (Å²) >= 11 is 0. The summed E-state index contributed by atoms with van der Waals surface area (Å²) in [4.78, 5) is 0. The van der Waals surface area contributed by atoms with E-state index in [9.17, 15) is 0 Å². The topological polar surface area (TPSA) is 73.8 Å². The summed E-state index contributed by atoms with van der Waals surface area (Å²) in [5.41, 5.74) is -4.97. The normalized spacial score (nSPS) is 28.2. The van der Waals surface area contributed by atoms with Crippen molar-refractivity contribution in [1.29, 1.82) is 0 Å². The predicted octanol–water partition coefficient (Wildman–Crippen LogP) is 6.83. The Labute approximate surface area is 294 Å². The molecule has 13 heteroatoms. The first-order valence-corrected chi connectivity index (χ1v) is 21.4. The highest BCUT2D eigenvalue weighted by atomic mass is 28.3. The highest BCUT2D eigenvalue weighted by molar-refractivity contribution is 6.88. The van der Waals surface area contributed by atoms with Gasteiger partial charge in [-0.2, -0.15) is 0 Å². The summed E-state index contributed by atoms with van der Waals surface area (Å²) in [6.45, 7) is 40.3. The van der Waals surface area contributed by atoms with Crippen LogP contribution in [0.5, 0.6) is 0 Å². The Hall–Kier alpha value is -0.623. The van der Waals surface area contributed by atoms with Crippen LogP contribution in [0.15, 0.2) is 24.3 Å². The zero-order chi connectivity index (χ0) is 36.5. The van der Waals surface area contributed by atoms with Crippen molar-refractivity contribution < 1.29 is 37.2 Å². The molecule has 266 valence electrons. The fourth-order valence-corrected chi connectivity index (χ4v) is 8.04. The van der Waals surface area contributed by atoms with Crippen LogP contribution in [0.1, 0.15) is 116 Å². The first-order chi connectivity index (χ1) is 21.3. The Morgan fingerprint density at radius 3 is 0.938 bits per heavy atom. The number of benzene rings is 1. The van der Waals surface area contributed by atoms with Crippen molar-refractivity contribution in [3.05, 3.63) is 29.8 Å². The lowest BCUT2D eigenvalue weighted by Crippen LogP contribution is -2.67. The first-order valence-electron chi connectivity index (χ1n) is 17.9. The van der Waals surface area contributed by atoms with Gasteiger partial charge in [0.1, 0.15) is 0 Å². The summed E-state index contributed by atoms with van der Waals surface area (Å²) in [7, 11) is -4.99. The van der Waals surface area contributed by atoms with Gasteiger partial charge in [0, 0.05) is 5.72 Å². The van der Waals surface area contributed by atoms with E-state index in [1.165, 1.54) is 5.19 Å². The lowest BCUT2D eigenvalue weighted by Gasteiger charge is -2.44. The molecule has 0 radical (unpaired) electrons. The summed E-state index contributed by atoms with van der Waals surface area (Å²) < 4.78 is 56.6. The second-order valence-corrected chi connectivity index (χ2v) is 24.8. The van der Waals surface area contributed by atoms with Crippen molar-refractivity contribution >= 4 is 41.7 Å². The Kier molecular flexibility index (Phi) is 9.00. The van der Waals surface area contributed by atoms with Gasteiger partial charge >= 0.3 is 28.5 Å². The lowest BCUT2D eigenvalue weighted by molar-refractivity contribution is 0.00578. The molecule has 48 heavy (non-hydrogen) atoms. The number of hydrogen-bond donors (Lipinski definition) is 0. The fourth-order valence-electron chi connectivity index (χ4n) is 6.87. The van der Waals surface area contributed by atoms with Gasteiger partial charge in [-0.3, -0.25) is 0 Å². The molecule has 0 N–H and O–H groups in total. The third-order valence-electron chi connectivity index (χ3n) is 13.2. The van der Waals surface area contributed by atoms with E-state index in [4.69, 9.17) is 37.2 Å². The zero-order valence-corrected chi connectivity index (χ0v) is 34.5. The third kappa shape index (κ3) is 5.87. The van der Waals surface area contributed by atoms with Gasteiger partial charge in [-0.25, -0.2) is 0 Å². The molecule has 4 fully saturated rings. The Balaban J connectivity index is 1.88. The zero-order valence-electron chi connectivity index (χ0n) is 33.5. The van der Waals surface area contributed by atoms with Crippen molar-refractivity contribution in [3.63, 3.8) is 0 Å². The van der Waals surface area contributed by atoms with E-state index in [2.05, 4.69) is 155 Å². The Morgan fingerprint density at radius 1 is 0.438 bits per heavy atom. The molecule has 4 heterocycles. The van der Waals surface area contributed by atoms with Crippen LogP contribution in [-0.2, 0) is 42.4 Å². The quantitative estimate of drug-likeness (QED) is 0.290. The monoisotopic (exact) mass is 682 g/mol. The summed E-state index contributed by atoms with van der Waals surface area (Å²) in [5, 5.41) is 0.127. The Bertz CT molecular complexity index is 1250. The molecule has 4 aliphatic heterocycles. The standard InChI is InChI=1S/C35H62B4O8Si/c1-27(2)28(3,4)41-36(40-27)26(37-42-29(5,6)30(7,8)43-37)35(38-44-31(9,10)32(11,12)45-38,39-46-33(13,14)34(15,16)47-39)24-20-22-25(23-21-24)48(17,18)19/h20-23,26H,1-19H3. The molecule has 0 aliphatic carbocycles. The molecule has 0 bridgehead atoms. The minimum absolute atomic E-state index is 0.640. The van der Waals surface area contributed by atoms with E-state index in [1.54, 1.807) is 0 Å². The summed E-state index contributed by atoms with van der Waals surface area (Å²) in [6.07, 6.45) is 0. The van der Waals surface area contributed by atoms with Gasteiger partial charge in [-0.05, 0) is 116 Å². The van der Waals surface area contributed by atoms with E-state index in [-0.39, 0.29) is 0 Å². The molecular formula is C35H62B4O8Si. The van der Waals surface area contributed by atoms with E-state index < -0.39 is 92.3 Å². The van der Waals surface area contributed by atoms with Crippen LogP contribution in [0.25, 0.3) is 0 Å². The molecule has 4 saturated heterocycles. The van der Waals surface area contributed by atoms with Crippen LogP contribution in [0, 0.1) is 0 Å². The van der Waals surface area contributed by atoms with Gasteiger partial charge in [0.05, 0.1) is 58.1 Å². The van der Waals surface area contributed by atoms with E-state index in [1.807, 2.05) is 0 Å². The minimum Gasteiger partial charge on any atom is -0.403 e. The largest absolute Gasteiger partial charge is 0.466 e. The minimum atomic E-state index is -1.65. The second-order valence-electron chi connectivity index (χ2n) is 19.7. The molecule has 0 atom stereocenters. The van der Waals surface area contributed by atoms with Crippen molar-refractivity contribution in [1.82, 2.24) is 0 Å². The van der Waals surface area contributed by atoms with E-state index in [0.717, 1.165) is 5.56 Å². The van der Waals surface area contributed by atoms with Gasteiger partial charge < -0.3 is 37.2 Å². The lowest BCUT2D eigenvalue weighted by atomic mass is 9.22. The van der Waals surface area contributed by atoms with E-state index in [0.29, 0.717) is 0 Å². The van der Waals surface area contributed by atoms with Crippen LogP contribution in [0.3, 0.4) is 0 Å². The van der Waals surface area contributed by atoms with Gasteiger partial charge in [0.15, 0.2) is 0 Å². The molecule has 0 amide bonds. The van der Waals surface area contributed by atoms with Gasteiger partial charge in [0.2, 0.25) is 0 Å². The van der Waals surface area contributed by atoms with Crippen molar-refractivity contribution in [2.75, 3.05) is 0 Å². The molecule has 8 nitrogen and oxygen atoms in total. The summed E-state index contributed by atoms with van der Waals surface area (Å²) in [5.74, 6) is 0. The van der Waals surface area contributed by atoms with Crippen molar-refractivity contribution in [3.8, 4) is 0 Å². The molecule has 5 rings (SSSR count). The highest BCUT2D eigenvalue weighted by Crippen LogP contribution is 2.59. The molecule has 0 unspecified atom stereocenters. The average molecular weight is 682 g/mol. The molecular weight excluding hydrogens is 620 g/mol. The van der Waals surface area contributed by atoms with E-state index >= 15 is 0 Å². The Morgan fingerprint density at radius 2 is 0.688 bits per heavy atom. The number of rotatable bonds is 7. The molecule has 1 aromatic carbocycles. The number of hydrogen-bond acceptors (Lipinski definition) is 8. The van der Waals surface area contributed by atoms with Crippen LogP contribution < -0.4 is 5.19 Å². The van der Waals surface area contributed by atoms with Crippen LogP contribution >= 0.6 is 0 Å². The van der Waals surface area contributed by atoms with Crippen LogP contribution in [0.2, 0.25) is 25.4 Å². The second kappa shape index (κ2) is 11.2. The highest BCUT2D eigenvalue weighted by Gasteiger charge is 2.79.